The van der Waals surface area contributed by atoms with Crippen LogP contribution in [0.4, 0.5) is 0 Å². The van der Waals surface area contributed by atoms with Crippen molar-refractivity contribution >= 4 is 62.7 Å². The first-order valence-electron chi connectivity index (χ1n) is 13.6. The van der Waals surface area contributed by atoms with Crippen molar-refractivity contribution in [1.82, 2.24) is 19.9 Å². The molecule has 5 rings (SSSR count). The molecule has 0 aliphatic carbocycles. The summed E-state index contributed by atoms with van der Waals surface area (Å²) in [5.74, 6) is -0.870. The van der Waals surface area contributed by atoms with Crippen LogP contribution in [0.5, 0.6) is 0 Å². The number of carboxylic acids is 1. The number of aromatic nitrogens is 4. The predicted molar refractivity (Wildman–Crippen MR) is 165 cm³/mol. The van der Waals surface area contributed by atoms with Crippen LogP contribution in [0, 0.1) is 13.8 Å². The van der Waals surface area contributed by atoms with Crippen LogP contribution >= 0.6 is 0 Å². The third-order valence-corrected chi connectivity index (χ3v) is 7.99. The second-order valence-corrected chi connectivity index (χ2v) is 10.4. The van der Waals surface area contributed by atoms with Crippen molar-refractivity contribution in [2.75, 3.05) is 0 Å². The molecule has 2 aliphatic rings. The fourth-order valence-corrected chi connectivity index (χ4v) is 5.58. The zero-order valence-electron chi connectivity index (χ0n) is 24.2. The van der Waals surface area contributed by atoms with E-state index in [2.05, 4.69) is 13.2 Å². The van der Waals surface area contributed by atoms with Crippen LogP contribution in [0.1, 0.15) is 78.1 Å². The number of aliphatic carboxylic acids is 1. The maximum Gasteiger partial charge on any atom is 2.00 e. The van der Waals surface area contributed by atoms with Crippen LogP contribution in [0.25, 0.3) is 50.4 Å². The van der Waals surface area contributed by atoms with E-state index >= 15 is 0 Å². The topological polar surface area (TPSA) is 108 Å². The monoisotopic (exact) mass is 600 g/mol. The number of carboxylic acid groups (broad SMARTS) is 1. The van der Waals surface area contributed by atoms with Crippen molar-refractivity contribution in [3.05, 3.63) is 88.5 Å². The molecule has 0 spiro atoms. The number of fused-ring (bicyclic) bond motifs is 8. The summed E-state index contributed by atoms with van der Waals surface area (Å²) in [4.78, 5) is 42.7. The summed E-state index contributed by atoms with van der Waals surface area (Å²) in [6.07, 6.45) is 5.75. The number of hydrogen-bond donors (Lipinski definition) is 1. The Labute approximate surface area is 255 Å². The maximum atomic E-state index is 11.5. The second kappa shape index (κ2) is 12.3. The normalized spacial score (nSPS) is 12.8. The molecule has 8 heteroatoms. The van der Waals surface area contributed by atoms with Crippen molar-refractivity contribution in [3.8, 4) is 0 Å². The molecule has 42 heavy (non-hydrogen) atoms. The molecule has 5 heterocycles. The number of carbonyl (C=O) groups is 2. The molecule has 214 valence electrons. The van der Waals surface area contributed by atoms with Crippen molar-refractivity contribution < 1.29 is 31.8 Å². The molecule has 0 saturated carbocycles. The summed E-state index contributed by atoms with van der Waals surface area (Å²) >= 11 is 0. The SMILES string of the molecule is C=CC1=C(C)c2cc3[n-]c(cc4nc(cc5[n-]c(cc1n2)c(C)c5C=C)C(C)=C4CCC=O)c(CCC(=O)O)c3C.[Fe+2]. The summed E-state index contributed by atoms with van der Waals surface area (Å²) in [6.45, 7) is 16.1. The van der Waals surface area contributed by atoms with E-state index in [9.17, 15) is 14.7 Å². The molecule has 2 aliphatic heterocycles. The van der Waals surface area contributed by atoms with Crippen LogP contribution in [0.15, 0.2) is 43.5 Å². The van der Waals surface area contributed by atoms with Crippen LogP contribution in [0.2, 0.25) is 0 Å². The van der Waals surface area contributed by atoms with E-state index < -0.39 is 5.97 Å². The van der Waals surface area contributed by atoms with E-state index in [0.717, 1.165) is 90.2 Å². The van der Waals surface area contributed by atoms with Gasteiger partial charge in [0.1, 0.15) is 6.29 Å². The van der Waals surface area contributed by atoms with Gasteiger partial charge in [-0.1, -0.05) is 66.3 Å². The molecule has 3 aromatic rings. The zero-order valence-corrected chi connectivity index (χ0v) is 25.3. The van der Waals surface area contributed by atoms with E-state index in [4.69, 9.17) is 19.9 Å². The molecular weight excluding hydrogens is 568 g/mol. The largest absolute Gasteiger partial charge is 2.00 e. The Morgan fingerprint density at radius 1 is 0.810 bits per heavy atom. The summed E-state index contributed by atoms with van der Waals surface area (Å²) < 4.78 is 0. The predicted octanol–water partition coefficient (Wildman–Crippen LogP) is 6.87. The van der Waals surface area contributed by atoms with Gasteiger partial charge in [-0.3, -0.25) is 4.79 Å². The Kier molecular flexibility index (Phi) is 9.00. The van der Waals surface area contributed by atoms with Gasteiger partial charge in [-0.15, -0.1) is 22.1 Å². The average Bonchev–Trinajstić information content (AvgIpc) is 3.59. The standard InChI is InChI=1S/C34H33N4O3.Fe/c1-7-22-18(3)26-14-27-21(6)25(11-12-34(40)41)33(37-27)17-32-24(10-9-13-39)20(5)29(38-32)16-31-23(8-2)19(4)28(36-31)15-30(22)35-26;/h7-8,13-17H,1-2,9-12H2,3-6H3,(H2-,35,36,37,38,40,41);/q-1;+2/p-1. The Morgan fingerprint density at radius 3 is 2.07 bits per heavy atom. The molecule has 0 unspecified atom stereocenters. The number of nitrogens with zero attached hydrogens (tertiary/aromatic N) is 4. The van der Waals surface area contributed by atoms with Crippen molar-refractivity contribution in [2.45, 2.75) is 53.4 Å². The molecule has 3 aromatic heterocycles. The first-order valence-corrected chi connectivity index (χ1v) is 13.6. The van der Waals surface area contributed by atoms with Crippen LogP contribution in [-0.4, -0.2) is 27.3 Å². The molecule has 0 radical (unpaired) electrons. The van der Waals surface area contributed by atoms with Gasteiger partial charge in [-0.2, -0.15) is 0 Å². The minimum absolute atomic E-state index is 0. The summed E-state index contributed by atoms with van der Waals surface area (Å²) in [5.41, 5.74) is 13.5. The van der Waals surface area contributed by atoms with E-state index in [-0.39, 0.29) is 23.5 Å². The maximum absolute atomic E-state index is 11.5. The third-order valence-electron chi connectivity index (χ3n) is 7.99. The fourth-order valence-electron chi connectivity index (χ4n) is 5.58. The summed E-state index contributed by atoms with van der Waals surface area (Å²) in [6, 6.07) is 7.80. The number of aryl methyl sites for hydroxylation is 3. The molecule has 0 amide bonds. The third kappa shape index (κ3) is 5.48. The number of allylic oxidation sites excluding steroid dienone is 5. The molecule has 8 bridgehead atoms. The van der Waals surface area contributed by atoms with Gasteiger partial charge in [0, 0.05) is 18.4 Å². The molecule has 0 aromatic carbocycles. The Morgan fingerprint density at radius 2 is 1.40 bits per heavy atom. The van der Waals surface area contributed by atoms with Crippen molar-refractivity contribution in [1.29, 1.82) is 0 Å². The van der Waals surface area contributed by atoms with Gasteiger partial charge >= 0.3 is 23.0 Å². The first-order chi connectivity index (χ1) is 19.7. The quantitative estimate of drug-likeness (QED) is 0.222. The van der Waals surface area contributed by atoms with Gasteiger partial charge in [0.25, 0.3) is 0 Å². The van der Waals surface area contributed by atoms with E-state index in [1.54, 1.807) is 0 Å². The van der Waals surface area contributed by atoms with E-state index in [0.29, 0.717) is 24.8 Å². The summed E-state index contributed by atoms with van der Waals surface area (Å²) in [7, 11) is 0. The Hall–Kier alpha value is -4.26. The Balaban J connectivity index is 0.00000405. The van der Waals surface area contributed by atoms with Gasteiger partial charge in [0.2, 0.25) is 0 Å². The number of rotatable bonds is 8. The smallest absolute Gasteiger partial charge is 0.657 e. The minimum Gasteiger partial charge on any atom is -0.657 e. The van der Waals surface area contributed by atoms with Gasteiger partial charge in [-0.05, 0) is 62.8 Å². The van der Waals surface area contributed by atoms with Crippen molar-refractivity contribution in [3.63, 3.8) is 0 Å². The number of hydrogen-bond acceptors (Lipinski definition) is 4. The number of aldehydes is 1. The second-order valence-electron chi connectivity index (χ2n) is 10.4. The summed E-state index contributed by atoms with van der Waals surface area (Å²) in [5, 5.41) is 9.44. The molecule has 1 N–H and O–H groups in total. The van der Waals surface area contributed by atoms with Crippen LogP contribution in [-0.2, 0) is 33.1 Å². The molecule has 7 nitrogen and oxygen atoms in total. The Bertz CT molecular complexity index is 1870. The van der Waals surface area contributed by atoms with Gasteiger partial charge in [0.05, 0.1) is 22.8 Å². The van der Waals surface area contributed by atoms with Gasteiger partial charge < -0.3 is 19.9 Å². The molecule has 0 atom stereocenters. The number of carbonyl (C=O) groups excluding carboxylic acids is 1. The molecule has 0 saturated heterocycles. The van der Waals surface area contributed by atoms with Gasteiger partial charge in [-0.25, -0.2) is 9.97 Å². The fraction of sp³-hybridized carbons (Fsp3) is 0.235. The average molecular weight is 601 g/mol. The van der Waals surface area contributed by atoms with E-state index in [1.807, 2.05) is 64.1 Å². The molecule has 0 fully saturated rings. The minimum atomic E-state index is -0.870. The van der Waals surface area contributed by atoms with E-state index in [1.165, 1.54) is 0 Å². The van der Waals surface area contributed by atoms with Crippen LogP contribution in [0.3, 0.4) is 0 Å². The molecular formula is C34H32FeN4O3. The van der Waals surface area contributed by atoms with Gasteiger partial charge in [0.15, 0.2) is 0 Å². The zero-order chi connectivity index (χ0) is 29.4. The van der Waals surface area contributed by atoms with Crippen LogP contribution < -0.4 is 9.97 Å². The van der Waals surface area contributed by atoms with Crippen molar-refractivity contribution in [2.24, 2.45) is 0 Å². The first kappa shape index (κ1) is 30.7.